The molecule has 0 saturated heterocycles. The van der Waals surface area contributed by atoms with Crippen molar-refractivity contribution >= 4 is 50.6 Å². The van der Waals surface area contributed by atoms with Gasteiger partial charge in [-0.25, -0.2) is 9.18 Å². The fraction of sp³-hybridized carbons (Fsp3) is 0.111. The van der Waals surface area contributed by atoms with Crippen molar-refractivity contribution in [2.75, 3.05) is 11.9 Å². The summed E-state index contributed by atoms with van der Waals surface area (Å²) in [5, 5.41) is 3.41. The molecule has 2 aromatic carbocycles. The normalized spacial score (nSPS) is 10.7. The molecule has 1 aromatic heterocycles. The average Bonchev–Trinajstić information content (AvgIpc) is 2.89. The number of ether oxygens (including phenoxy) is 1. The number of hydrogen-bond donors (Lipinski definition) is 1. The van der Waals surface area contributed by atoms with Gasteiger partial charge in [-0.3, -0.25) is 4.79 Å². The minimum absolute atomic E-state index is 0.144. The molecule has 0 fully saturated rings. The number of carbonyl (C=O) groups excluding carboxylic acids is 2. The number of esters is 1. The van der Waals surface area contributed by atoms with E-state index in [1.165, 1.54) is 18.2 Å². The van der Waals surface area contributed by atoms with Gasteiger partial charge in [0.1, 0.15) is 10.7 Å². The van der Waals surface area contributed by atoms with Crippen molar-refractivity contribution in [3.8, 4) is 0 Å². The molecule has 0 bridgehead atoms. The van der Waals surface area contributed by atoms with Crippen molar-refractivity contribution in [3.05, 3.63) is 63.7 Å². The van der Waals surface area contributed by atoms with E-state index in [0.29, 0.717) is 15.8 Å². The molecule has 128 valence electrons. The summed E-state index contributed by atoms with van der Waals surface area (Å²) in [6.07, 6.45) is 0. The number of nitrogens with one attached hydrogen (secondary N) is 1. The Morgan fingerprint density at radius 3 is 2.80 bits per heavy atom. The molecule has 3 rings (SSSR count). The summed E-state index contributed by atoms with van der Waals surface area (Å²) < 4.78 is 18.8. The van der Waals surface area contributed by atoms with Crippen LogP contribution in [0.15, 0.2) is 42.5 Å². The number of amides is 1. The molecule has 25 heavy (non-hydrogen) atoms. The third kappa shape index (κ3) is 3.97. The second-order valence-corrected chi connectivity index (χ2v) is 6.81. The second-order valence-electron chi connectivity index (χ2n) is 5.38. The number of thiophene rings is 1. The molecule has 0 atom stereocenters. The van der Waals surface area contributed by atoms with E-state index in [-0.39, 0.29) is 9.90 Å². The van der Waals surface area contributed by atoms with E-state index in [1.807, 2.05) is 19.1 Å². The molecule has 0 aliphatic carbocycles. The molecule has 7 heteroatoms. The van der Waals surface area contributed by atoms with Gasteiger partial charge in [-0.2, -0.15) is 0 Å². The summed E-state index contributed by atoms with van der Waals surface area (Å²) in [5.74, 6) is -1.59. The summed E-state index contributed by atoms with van der Waals surface area (Å²) >= 11 is 7.18. The number of aryl methyl sites for hydroxylation is 1. The molecule has 0 spiro atoms. The molecular weight excluding hydrogens is 365 g/mol. The lowest BCUT2D eigenvalue weighted by Gasteiger charge is -2.06. The Kier molecular flexibility index (Phi) is 5.01. The molecule has 1 N–H and O–H groups in total. The van der Waals surface area contributed by atoms with Crippen LogP contribution in [-0.4, -0.2) is 18.5 Å². The monoisotopic (exact) mass is 377 g/mol. The van der Waals surface area contributed by atoms with E-state index in [4.69, 9.17) is 16.3 Å². The number of fused-ring (bicyclic) bond motifs is 1. The molecule has 0 saturated carbocycles. The van der Waals surface area contributed by atoms with Gasteiger partial charge < -0.3 is 10.1 Å². The highest BCUT2D eigenvalue weighted by Crippen LogP contribution is 2.36. The van der Waals surface area contributed by atoms with Crippen molar-refractivity contribution in [2.24, 2.45) is 0 Å². The van der Waals surface area contributed by atoms with Crippen molar-refractivity contribution in [1.29, 1.82) is 0 Å². The van der Waals surface area contributed by atoms with Crippen LogP contribution in [-0.2, 0) is 9.53 Å². The minimum Gasteiger partial charge on any atom is -0.451 e. The predicted octanol–water partition coefficient (Wildman–Crippen LogP) is 4.80. The third-order valence-electron chi connectivity index (χ3n) is 3.41. The minimum atomic E-state index is -0.717. The van der Waals surface area contributed by atoms with E-state index in [9.17, 15) is 14.0 Å². The summed E-state index contributed by atoms with van der Waals surface area (Å²) in [6, 6.07) is 11.3. The Morgan fingerprint density at radius 1 is 1.24 bits per heavy atom. The molecule has 4 nitrogen and oxygen atoms in total. The van der Waals surface area contributed by atoms with Crippen LogP contribution in [0.1, 0.15) is 15.2 Å². The maximum absolute atomic E-state index is 13.3. The van der Waals surface area contributed by atoms with Crippen molar-refractivity contribution in [3.63, 3.8) is 0 Å². The van der Waals surface area contributed by atoms with E-state index < -0.39 is 24.3 Å². The highest BCUT2D eigenvalue weighted by Gasteiger charge is 2.19. The Labute approximate surface area is 152 Å². The fourth-order valence-electron chi connectivity index (χ4n) is 2.29. The van der Waals surface area contributed by atoms with Gasteiger partial charge in [0.2, 0.25) is 0 Å². The molecular formula is C18H13ClFNO3S. The van der Waals surface area contributed by atoms with Crippen LogP contribution in [0.4, 0.5) is 10.1 Å². The second kappa shape index (κ2) is 7.21. The number of carbonyl (C=O) groups is 2. The van der Waals surface area contributed by atoms with E-state index >= 15 is 0 Å². The van der Waals surface area contributed by atoms with Crippen molar-refractivity contribution in [2.45, 2.75) is 6.92 Å². The van der Waals surface area contributed by atoms with Crippen molar-refractivity contribution < 1.29 is 18.7 Å². The van der Waals surface area contributed by atoms with Crippen LogP contribution in [0.25, 0.3) is 10.1 Å². The molecule has 3 aromatic rings. The lowest BCUT2D eigenvalue weighted by molar-refractivity contribution is -0.119. The SMILES string of the molecule is Cc1cccc(NC(=O)COC(=O)c2sc3cc(F)ccc3c2Cl)c1. The maximum atomic E-state index is 13.3. The lowest BCUT2D eigenvalue weighted by Crippen LogP contribution is -2.20. The van der Waals surface area contributed by atoms with Crippen molar-refractivity contribution in [1.82, 2.24) is 0 Å². The Balaban J connectivity index is 1.66. The van der Waals surface area contributed by atoms with Crippen LogP contribution < -0.4 is 5.32 Å². The zero-order valence-corrected chi connectivity index (χ0v) is 14.7. The number of anilines is 1. The van der Waals surface area contributed by atoms with Gasteiger partial charge in [0.15, 0.2) is 6.61 Å². The molecule has 1 amide bonds. The number of benzene rings is 2. The topological polar surface area (TPSA) is 55.4 Å². The average molecular weight is 378 g/mol. The van der Waals surface area contributed by atoms with Crippen LogP contribution in [0, 0.1) is 12.7 Å². The maximum Gasteiger partial charge on any atom is 0.350 e. The zero-order chi connectivity index (χ0) is 18.0. The first-order chi connectivity index (χ1) is 11.9. The molecule has 1 heterocycles. The highest BCUT2D eigenvalue weighted by molar-refractivity contribution is 7.21. The predicted molar refractivity (Wildman–Crippen MR) is 96.9 cm³/mol. The number of rotatable bonds is 4. The lowest BCUT2D eigenvalue weighted by atomic mass is 10.2. The van der Waals surface area contributed by atoms with E-state index in [2.05, 4.69) is 5.32 Å². The van der Waals surface area contributed by atoms with Crippen LogP contribution >= 0.6 is 22.9 Å². The van der Waals surface area contributed by atoms with Gasteiger partial charge in [-0.15, -0.1) is 11.3 Å². The molecule has 0 aliphatic heterocycles. The van der Waals surface area contributed by atoms with Gasteiger partial charge in [0, 0.05) is 15.8 Å². The fourth-order valence-corrected chi connectivity index (χ4v) is 3.71. The number of halogens is 2. The summed E-state index contributed by atoms with van der Waals surface area (Å²) in [6.45, 7) is 1.47. The van der Waals surface area contributed by atoms with Gasteiger partial charge in [-0.1, -0.05) is 23.7 Å². The summed E-state index contributed by atoms with van der Waals surface area (Å²) in [4.78, 5) is 24.2. The van der Waals surface area contributed by atoms with Crippen LogP contribution in [0.3, 0.4) is 0 Å². The van der Waals surface area contributed by atoms with Gasteiger partial charge in [0.25, 0.3) is 5.91 Å². The first-order valence-corrected chi connectivity index (χ1v) is 8.54. The smallest absolute Gasteiger partial charge is 0.350 e. The van der Waals surface area contributed by atoms with Crippen LogP contribution in [0.2, 0.25) is 5.02 Å². The van der Waals surface area contributed by atoms with Gasteiger partial charge in [-0.05, 0) is 42.8 Å². The molecule has 0 unspecified atom stereocenters. The first-order valence-electron chi connectivity index (χ1n) is 7.35. The zero-order valence-electron chi connectivity index (χ0n) is 13.1. The van der Waals surface area contributed by atoms with Gasteiger partial charge >= 0.3 is 5.97 Å². The molecule has 0 aliphatic rings. The van der Waals surface area contributed by atoms with E-state index in [1.54, 1.807) is 12.1 Å². The third-order valence-corrected chi connectivity index (χ3v) is 5.05. The van der Waals surface area contributed by atoms with E-state index in [0.717, 1.165) is 16.9 Å². The summed E-state index contributed by atoms with van der Waals surface area (Å²) in [7, 11) is 0. The Hall–Kier alpha value is -2.44. The highest BCUT2D eigenvalue weighted by atomic mass is 35.5. The molecule has 0 radical (unpaired) electrons. The Morgan fingerprint density at radius 2 is 2.04 bits per heavy atom. The quantitative estimate of drug-likeness (QED) is 0.664. The largest absolute Gasteiger partial charge is 0.451 e. The number of hydrogen-bond acceptors (Lipinski definition) is 4. The Bertz CT molecular complexity index is 970. The first kappa shape index (κ1) is 17.4. The van der Waals surface area contributed by atoms with Gasteiger partial charge in [0.05, 0.1) is 5.02 Å². The standard InChI is InChI=1S/C18H13ClFNO3S/c1-10-3-2-4-12(7-10)21-15(22)9-24-18(23)17-16(19)13-6-5-11(20)8-14(13)25-17/h2-8H,9H2,1H3,(H,21,22). The van der Waals surface area contributed by atoms with Crippen LogP contribution in [0.5, 0.6) is 0 Å². The summed E-state index contributed by atoms with van der Waals surface area (Å²) in [5.41, 5.74) is 1.62.